The summed E-state index contributed by atoms with van der Waals surface area (Å²) in [5.74, 6) is -1.21. The molecule has 1 heterocycles. The number of H-pyrrole nitrogens is 1. The van der Waals surface area contributed by atoms with Crippen molar-refractivity contribution in [3.05, 3.63) is 94.6 Å². The van der Waals surface area contributed by atoms with Crippen LogP contribution in [0.3, 0.4) is 0 Å². The lowest BCUT2D eigenvalue weighted by Gasteiger charge is -2.06. The zero-order chi connectivity index (χ0) is 20.4. The highest BCUT2D eigenvalue weighted by Gasteiger charge is 2.12. The zero-order valence-electron chi connectivity index (χ0n) is 15.2. The Bertz CT molecular complexity index is 1170. The van der Waals surface area contributed by atoms with Gasteiger partial charge in [0.05, 0.1) is 12.1 Å². The van der Waals surface area contributed by atoms with Crippen LogP contribution in [0.2, 0.25) is 0 Å². The second kappa shape index (κ2) is 7.81. The fourth-order valence-corrected chi connectivity index (χ4v) is 3.16. The monoisotopic (exact) mass is 393 g/mol. The summed E-state index contributed by atoms with van der Waals surface area (Å²) in [4.78, 5) is 12.5. The van der Waals surface area contributed by atoms with Crippen LogP contribution in [0.5, 0.6) is 0 Å². The molecule has 0 atom stereocenters. The van der Waals surface area contributed by atoms with E-state index in [9.17, 15) is 13.6 Å². The Kier molecular flexibility index (Phi) is 5.05. The summed E-state index contributed by atoms with van der Waals surface area (Å²) in [5, 5.41) is 19.6. The third kappa shape index (κ3) is 4.14. The summed E-state index contributed by atoms with van der Waals surface area (Å²) in [6, 6.07) is 15.5. The number of fused-ring (bicyclic) bond motifs is 1. The van der Waals surface area contributed by atoms with Gasteiger partial charge in [0, 0.05) is 17.0 Å². The number of aliphatic hydroxyl groups is 1. The number of nitrogens with one attached hydrogen (secondary N) is 2. The lowest BCUT2D eigenvalue weighted by molar-refractivity contribution is 0.102. The largest absolute Gasteiger partial charge is 0.392 e. The first kappa shape index (κ1) is 18.8. The van der Waals surface area contributed by atoms with Crippen molar-refractivity contribution in [1.29, 1.82) is 0 Å². The maximum atomic E-state index is 13.4. The normalized spacial score (nSPS) is 11.0. The number of amides is 1. The summed E-state index contributed by atoms with van der Waals surface area (Å²) in [5.41, 5.74) is 3.21. The van der Waals surface area contributed by atoms with Crippen LogP contribution in [0.15, 0.2) is 60.7 Å². The van der Waals surface area contributed by atoms with Gasteiger partial charge in [-0.25, -0.2) is 8.78 Å². The Morgan fingerprint density at radius 3 is 2.31 bits per heavy atom. The number of aromatic nitrogens is 2. The van der Waals surface area contributed by atoms with Gasteiger partial charge in [-0.15, -0.1) is 0 Å². The lowest BCUT2D eigenvalue weighted by Crippen LogP contribution is -2.12. The second-order valence-corrected chi connectivity index (χ2v) is 6.72. The van der Waals surface area contributed by atoms with Gasteiger partial charge in [-0.2, -0.15) is 5.10 Å². The quantitative estimate of drug-likeness (QED) is 0.476. The number of rotatable bonds is 5. The van der Waals surface area contributed by atoms with Gasteiger partial charge in [0.15, 0.2) is 5.82 Å². The summed E-state index contributed by atoms with van der Waals surface area (Å²) in [6.45, 7) is -0.0934. The Labute approximate surface area is 165 Å². The SMILES string of the molecule is O=C(Nc1n[nH]c2ccc(Cc3cc(F)cc(F)c3)cc12)c1ccc(CO)cc1. The third-order valence-corrected chi connectivity index (χ3v) is 4.59. The Morgan fingerprint density at radius 1 is 0.931 bits per heavy atom. The van der Waals surface area contributed by atoms with Crippen molar-refractivity contribution in [2.75, 3.05) is 5.32 Å². The van der Waals surface area contributed by atoms with E-state index in [4.69, 9.17) is 5.11 Å². The minimum atomic E-state index is -0.621. The van der Waals surface area contributed by atoms with Gasteiger partial charge in [-0.3, -0.25) is 9.89 Å². The molecule has 0 fully saturated rings. The molecule has 0 saturated carbocycles. The average molecular weight is 393 g/mol. The zero-order valence-corrected chi connectivity index (χ0v) is 15.2. The fraction of sp³-hybridized carbons (Fsp3) is 0.0909. The third-order valence-electron chi connectivity index (χ3n) is 4.59. The summed E-state index contributed by atoms with van der Waals surface area (Å²) in [7, 11) is 0. The van der Waals surface area contributed by atoms with Crippen molar-refractivity contribution in [1.82, 2.24) is 10.2 Å². The Morgan fingerprint density at radius 2 is 1.62 bits per heavy atom. The van der Waals surface area contributed by atoms with Gasteiger partial charge in [-0.1, -0.05) is 18.2 Å². The van der Waals surface area contributed by atoms with E-state index in [0.717, 1.165) is 17.1 Å². The smallest absolute Gasteiger partial charge is 0.256 e. The van der Waals surface area contributed by atoms with Crippen molar-refractivity contribution < 1.29 is 18.7 Å². The first-order valence-corrected chi connectivity index (χ1v) is 8.95. The Balaban J connectivity index is 1.58. The van der Waals surface area contributed by atoms with Crippen molar-refractivity contribution in [2.24, 2.45) is 0 Å². The van der Waals surface area contributed by atoms with E-state index in [-0.39, 0.29) is 12.5 Å². The van der Waals surface area contributed by atoms with Gasteiger partial charge in [0.2, 0.25) is 0 Å². The highest BCUT2D eigenvalue weighted by Crippen LogP contribution is 2.24. The molecule has 7 heteroatoms. The molecule has 1 amide bonds. The molecule has 146 valence electrons. The van der Waals surface area contributed by atoms with Crippen LogP contribution < -0.4 is 5.32 Å². The minimum absolute atomic E-state index is 0.0934. The first-order valence-electron chi connectivity index (χ1n) is 8.95. The molecule has 4 rings (SSSR count). The number of aromatic amines is 1. The van der Waals surface area contributed by atoms with Gasteiger partial charge >= 0.3 is 0 Å². The maximum Gasteiger partial charge on any atom is 0.256 e. The summed E-state index contributed by atoms with van der Waals surface area (Å²) >= 11 is 0. The summed E-state index contributed by atoms with van der Waals surface area (Å²) < 4.78 is 26.9. The topological polar surface area (TPSA) is 78.0 Å². The standard InChI is InChI=1S/C22H17F2N3O2/c23-17-8-15(9-18(24)11-17)7-14-3-6-20-19(10-14)21(27-26-20)25-22(29)16-4-1-13(12-28)2-5-16/h1-6,8-11,28H,7,12H2,(H2,25,26,27,29). The predicted molar refractivity (Wildman–Crippen MR) is 106 cm³/mol. The van der Waals surface area contributed by atoms with E-state index in [1.165, 1.54) is 12.1 Å². The number of nitrogens with zero attached hydrogens (tertiary/aromatic N) is 1. The molecule has 3 N–H and O–H groups in total. The minimum Gasteiger partial charge on any atom is -0.392 e. The average Bonchev–Trinajstić information content (AvgIpc) is 3.09. The van der Waals surface area contributed by atoms with Crippen LogP contribution in [-0.4, -0.2) is 21.2 Å². The van der Waals surface area contributed by atoms with Crippen LogP contribution >= 0.6 is 0 Å². The van der Waals surface area contributed by atoms with E-state index in [1.807, 2.05) is 12.1 Å². The lowest BCUT2D eigenvalue weighted by atomic mass is 10.0. The van der Waals surface area contributed by atoms with Gasteiger partial charge < -0.3 is 10.4 Å². The molecule has 0 spiro atoms. The number of halogens is 2. The number of hydrogen-bond donors (Lipinski definition) is 3. The van der Waals surface area contributed by atoms with E-state index < -0.39 is 11.6 Å². The highest BCUT2D eigenvalue weighted by atomic mass is 19.1. The Hall–Kier alpha value is -3.58. The van der Waals surface area contributed by atoms with Crippen LogP contribution in [0, 0.1) is 11.6 Å². The van der Waals surface area contributed by atoms with E-state index in [2.05, 4.69) is 15.5 Å². The molecule has 29 heavy (non-hydrogen) atoms. The van der Waals surface area contributed by atoms with Crippen LogP contribution in [0.1, 0.15) is 27.0 Å². The van der Waals surface area contributed by atoms with Crippen LogP contribution in [-0.2, 0) is 13.0 Å². The maximum absolute atomic E-state index is 13.4. The molecule has 0 aliphatic carbocycles. The highest BCUT2D eigenvalue weighted by molar-refractivity contribution is 6.07. The number of benzene rings is 3. The molecular weight excluding hydrogens is 376 g/mol. The number of carbonyl (C=O) groups is 1. The molecule has 0 bridgehead atoms. The molecule has 4 aromatic rings. The van der Waals surface area contributed by atoms with Crippen molar-refractivity contribution in [2.45, 2.75) is 13.0 Å². The van der Waals surface area contributed by atoms with Crippen LogP contribution in [0.25, 0.3) is 10.9 Å². The molecule has 0 unspecified atom stereocenters. The van der Waals surface area contributed by atoms with E-state index >= 15 is 0 Å². The molecule has 0 aliphatic heterocycles. The van der Waals surface area contributed by atoms with Crippen molar-refractivity contribution in [3.63, 3.8) is 0 Å². The van der Waals surface area contributed by atoms with Crippen molar-refractivity contribution in [3.8, 4) is 0 Å². The van der Waals surface area contributed by atoms with Crippen molar-refractivity contribution >= 4 is 22.6 Å². The first-order chi connectivity index (χ1) is 14.0. The fourth-order valence-electron chi connectivity index (χ4n) is 3.16. The number of carbonyl (C=O) groups excluding carboxylic acids is 1. The molecule has 0 saturated heterocycles. The van der Waals surface area contributed by atoms with Crippen LogP contribution in [0.4, 0.5) is 14.6 Å². The van der Waals surface area contributed by atoms with Gasteiger partial charge in [0.1, 0.15) is 11.6 Å². The van der Waals surface area contributed by atoms with Gasteiger partial charge in [0.25, 0.3) is 5.91 Å². The molecular formula is C22H17F2N3O2. The second-order valence-electron chi connectivity index (χ2n) is 6.72. The number of hydrogen-bond acceptors (Lipinski definition) is 3. The molecule has 5 nitrogen and oxygen atoms in total. The molecule has 0 radical (unpaired) electrons. The molecule has 0 aliphatic rings. The number of anilines is 1. The molecule has 1 aromatic heterocycles. The van der Waals surface area contributed by atoms with E-state index in [1.54, 1.807) is 30.3 Å². The predicted octanol–water partition coefficient (Wildman–Crippen LogP) is 4.18. The summed E-state index contributed by atoms with van der Waals surface area (Å²) in [6.07, 6.45) is 0.339. The van der Waals surface area contributed by atoms with Gasteiger partial charge in [-0.05, 0) is 59.5 Å². The number of aliphatic hydroxyl groups excluding tert-OH is 1. The molecule has 3 aromatic carbocycles. The van der Waals surface area contributed by atoms with E-state index in [0.29, 0.717) is 34.3 Å².